The zero-order valence-electron chi connectivity index (χ0n) is 9.18. The van der Waals surface area contributed by atoms with E-state index in [-0.39, 0.29) is 5.82 Å². The van der Waals surface area contributed by atoms with Crippen molar-refractivity contribution in [1.82, 2.24) is 10.2 Å². The molecular weight excluding hydrogens is 271 g/mol. The Morgan fingerprint density at radius 2 is 2.19 bits per heavy atom. The fourth-order valence-corrected chi connectivity index (χ4v) is 2.37. The molecule has 1 aliphatic heterocycles. The third-order valence-electron chi connectivity index (χ3n) is 2.83. The molecule has 16 heavy (non-hydrogen) atoms. The van der Waals surface area contributed by atoms with E-state index >= 15 is 0 Å². The van der Waals surface area contributed by atoms with Crippen LogP contribution in [0.25, 0.3) is 0 Å². The Hall–Kier alpha value is -0.450. The van der Waals surface area contributed by atoms with E-state index in [9.17, 15) is 4.39 Å². The van der Waals surface area contributed by atoms with Gasteiger partial charge in [-0.05, 0) is 37.7 Å². The van der Waals surface area contributed by atoms with Gasteiger partial charge in [-0.25, -0.2) is 4.39 Å². The summed E-state index contributed by atoms with van der Waals surface area (Å²) in [7, 11) is 0. The fourth-order valence-electron chi connectivity index (χ4n) is 1.97. The number of hydrogen-bond donors (Lipinski definition) is 1. The topological polar surface area (TPSA) is 15.3 Å². The highest BCUT2D eigenvalue weighted by molar-refractivity contribution is 9.10. The van der Waals surface area contributed by atoms with Crippen LogP contribution >= 0.6 is 15.9 Å². The molecule has 0 unspecified atom stereocenters. The average Bonchev–Trinajstić information content (AvgIpc) is 2.52. The van der Waals surface area contributed by atoms with Crippen LogP contribution in [0.4, 0.5) is 4.39 Å². The molecule has 0 aromatic heterocycles. The molecule has 1 N–H and O–H groups in total. The van der Waals surface area contributed by atoms with Gasteiger partial charge in [-0.15, -0.1) is 0 Å². The number of nitrogens with one attached hydrogen (secondary N) is 1. The third-order valence-corrected chi connectivity index (χ3v) is 3.33. The molecule has 1 aromatic carbocycles. The van der Waals surface area contributed by atoms with Crippen LogP contribution in [0.5, 0.6) is 0 Å². The minimum absolute atomic E-state index is 0.111. The zero-order valence-corrected chi connectivity index (χ0v) is 10.8. The first-order valence-electron chi connectivity index (χ1n) is 5.63. The predicted octanol–water partition coefficient (Wildman–Crippen LogP) is 2.38. The third kappa shape index (κ3) is 3.27. The molecule has 4 heteroatoms. The van der Waals surface area contributed by atoms with Crippen LogP contribution in [-0.4, -0.2) is 31.1 Å². The van der Waals surface area contributed by atoms with Crippen LogP contribution in [0.3, 0.4) is 0 Å². The first kappa shape index (κ1) is 12.0. The second-order valence-corrected chi connectivity index (χ2v) is 5.03. The Morgan fingerprint density at radius 3 is 3.06 bits per heavy atom. The van der Waals surface area contributed by atoms with E-state index in [1.807, 2.05) is 6.07 Å². The van der Waals surface area contributed by atoms with Crippen molar-refractivity contribution < 1.29 is 4.39 Å². The lowest BCUT2D eigenvalue weighted by molar-refractivity contribution is 0.280. The van der Waals surface area contributed by atoms with Gasteiger partial charge in [0.2, 0.25) is 0 Å². The Balaban J connectivity index is 2.04. The summed E-state index contributed by atoms with van der Waals surface area (Å²) in [5, 5.41) is 3.34. The van der Waals surface area contributed by atoms with E-state index in [0.717, 1.165) is 42.6 Å². The van der Waals surface area contributed by atoms with Gasteiger partial charge in [0.1, 0.15) is 5.82 Å². The first-order valence-corrected chi connectivity index (χ1v) is 6.42. The predicted molar refractivity (Wildman–Crippen MR) is 66.9 cm³/mol. The van der Waals surface area contributed by atoms with Gasteiger partial charge in [-0.3, -0.25) is 4.90 Å². The van der Waals surface area contributed by atoms with Crippen molar-refractivity contribution in [3.05, 3.63) is 34.1 Å². The normalized spacial score (nSPS) is 18.4. The summed E-state index contributed by atoms with van der Waals surface area (Å²) in [4.78, 5) is 2.30. The summed E-state index contributed by atoms with van der Waals surface area (Å²) in [6, 6.07) is 5.13. The number of halogens is 2. The molecule has 0 radical (unpaired) electrons. The zero-order chi connectivity index (χ0) is 11.4. The summed E-state index contributed by atoms with van der Waals surface area (Å²) >= 11 is 3.38. The van der Waals surface area contributed by atoms with Crippen LogP contribution in [0.1, 0.15) is 12.0 Å². The maximum Gasteiger partial charge on any atom is 0.127 e. The lowest BCUT2D eigenvalue weighted by Gasteiger charge is -2.19. The molecular formula is C12H16BrFN2. The smallest absolute Gasteiger partial charge is 0.127 e. The molecule has 2 rings (SSSR count). The molecule has 1 heterocycles. The van der Waals surface area contributed by atoms with Gasteiger partial charge in [0.25, 0.3) is 0 Å². The molecule has 0 amide bonds. The van der Waals surface area contributed by atoms with Crippen LogP contribution in [0, 0.1) is 5.82 Å². The molecule has 1 fully saturated rings. The Morgan fingerprint density at radius 1 is 1.31 bits per heavy atom. The van der Waals surface area contributed by atoms with E-state index in [1.54, 1.807) is 6.07 Å². The molecule has 1 saturated heterocycles. The molecule has 0 saturated carbocycles. The van der Waals surface area contributed by atoms with Gasteiger partial charge in [0, 0.05) is 29.7 Å². The quantitative estimate of drug-likeness (QED) is 0.898. The summed E-state index contributed by atoms with van der Waals surface area (Å²) in [6.07, 6.45) is 1.13. The molecule has 2 nitrogen and oxygen atoms in total. The summed E-state index contributed by atoms with van der Waals surface area (Å²) < 4.78 is 14.5. The maximum atomic E-state index is 13.6. The minimum atomic E-state index is -0.111. The highest BCUT2D eigenvalue weighted by atomic mass is 79.9. The highest BCUT2D eigenvalue weighted by Crippen LogP contribution is 2.17. The van der Waals surface area contributed by atoms with Crippen LogP contribution in [0.15, 0.2) is 22.7 Å². The number of nitrogens with zero attached hydrogens (tertiary/aromatic N) is 1. The fraction of sp³-hybridized carbons (Fsp3) is 0.500. The lowest BCUT2D eigenvalue weighted by Crippen LogP contribution is -2.28. The van der Waals surface area contributed by atoms with Gasteiger partial charge in [0.15, 0.2) is 0 Å². The van der Waals surface area contributed by atoms with Crippen molar-refractivity contribution in [3.8, 4) is 0 Å². The molecule has 1 aliphatic rings. The van der Waals surface area contributed by atoms with Crippen molar-refractivity contribution in [2.45, 2.75) is 13.0 Å². The Labute approximate surface area is 104 Å². The number of benzene rings is 1. The van der Waals surface area contributed by atoms with Gasteiger partial charge in [-0.2, -0.15) is 0 Å². The van der Waals surface area contributed by atoms with Crippen molar-refractivity contribution >= 4 is 15.9 Å². The largest absolute Gasteiger partial charge is 0.315 e. The molecule has 0 aliphatic carbocycles. The second kappa shape index (κ2) is 5.75. The average molecular weight is 287 g/mol. The van der Waals surface area contributed by atoms with E-state index in [1.165, 1.54) is 6.07 Å². The molecule has 0 atom stereocenters. The number of hydrogen-bond acceptors (Lipinski definition) is 2. The van der Waals surface area contributed by atoms with Gasteiger partial charge in [-0.1, -0.05) is 15.9 Å². The Kier molecular flexibility index (Phi) is 4.32. The summed E-state index contributed by atoms with van der Waals surface area (Å²) in [5.41, 5.74) is 0.774. The van der Waals surface area contributed by atoms with E-state index < -0.39 is 0 Å². The minimum Gasteiger partial charge on any atom is -0.315 e. The summed E-state index contributed by atoms with van der Waals surface area (Å²) in [6.45, 7) is 4.80. The second-order valence-electron chi connectivity index (χ2n) is 4.12. The van der Waals surface area contributed by atoms with Gasteiger partial charge < -0.3 is 5.32 Å². The van der Waals surface area contributed by atoms with Crippen LogP contribution in [0.2, 0.25) is 0 Å². The van der Waals surface area contributed by atoms with E-state index in [2.05, 4.69) is 26.1 Å². The number of rotatable bonds is 2. The Bertz CT molecular complexity index is 349. The van der Waals surface area contributed by atoms with Crippen LogP contribution < -0.4 is 5.32 Å². The summed E-state index contributed by atoms with van der Waals surface area (Å²) in [5.74, 6) is -0.111. The first-order chi connectivity index (χ1) is 7.75. The lowest BCUT2D eigenvalue weighted by atomic mass is 10.2. The van der Waals surface area contributed by atoms with Gasteiger partial charge >= 0.3 is 0 Å². The highest BCUT2D eigenvalue weighted by Gasteiger charge is 2.11. The SMILES string of the molecule is Fc1ccc(Br)cc1CN1CCCNCC1. The van der Waals surface area contributed by atoms with Gasteiger partial charge in [0.05, 0.1) is 0 Å². The maximum absolute atomic E-state index is 13.6. The van der Waals surface area contributed by atoms with Crippen molar-refractivity contribution in [1.29, 1.82) is 0 Å². The molecule has 88 valence electrons. The monoisotopic (exact) mass is 286 g/mol. The van der Waals surface area contributed by atoms with Crippen molar-refractivity contribution in [2.75, 3.05) is 26.2 Å². The van der Waals surface area contributed by atoms with Crippen molar-refractivity contribution in [3.63, 3.8) is 0 Å². The van der Waals surface area contributed by atoms with Crippen molar-refractivity contribution in [2.24, 2.45) is 0 Å². The molecule has 1 aromatic rings. The van der Waals surface area contributed by atoms with E-state index in [0.29, 0.717) is 6.54 Å². The van der Waals surface area contributed by atoms with E-state index in [4.69, 9.17) is 0 Å². The standard InChI is InChI=1S/C12H16BrFN2/c13-11-2-3-12(14)10(8-11)9-16-6-1-4-15-5-7-16/h2-3,8,15H,1,4-7,9H2. The molecule has 0 bridgehead atoms. The molecule has 0 spiro atoms. The van der Waals surface area contributed by atoms with Crippen LogP contribution in [-0.2, 0) is 6.54 Å².